The van der Waals surface area contributed by atoms with Crippen LogP contribution in [0.2, 0.25) is 0 Å². The zero-order chi connectivity index (χ0) is 23.8. The number of ketones is 1. The van der Waals surface area contributed by atoms with Gasteiger partial charge in [0.15, 0.2) is 17.3 Å². The summed E-state index contributed by atoms with van der Waals surface area (Å²) in [6.07, 6.45) is 6.65. The number of rotatable bonds is 7. The van der Waals surface area contributed by atoms with E-state index in [0.717, 1.165) is 0 Å². The van der Waals surface area contributed by atoms with Crippen molar-refractivity contribution < 1.29 is 42.9 Å². The maximum absolute atomic E-state index is 12.6. The van der Waals surface area contributed by atoms with Crippen molar-refractivity contribution in [1.82, 2.24) is 0 Å². The highest BCUT2D eigenvalue weighted by Crippen LogP contribution is 2.29. The average molecular weight is 442 g/mol. The van der Waals surface area contributed by atoms with E-state index in [0.29, 0.717) is 0 Å². The Morgan fingerprint density at radius 1 is 0.812 bits per heavy atom. The molecule has 0 amide bonds. The van der Waals surface area contributed by atoms with Crippen molar-refractivity contribution in [3.05, 3.63) is 59.9 Å². The Balaban J connectivity index is 2.23. The minimum atomic E-state index is -0.779. The van der Waals surface area contributed by atoms with Gasteiger partial charge in [-0.2, -0.15) is 0 Å². The van der Waals surface area contributed by atoms with Crippen molar-refractivity contribution in [2.24, 2.45) is 5.92 Å². The van der Waals surface area contributed by atoms with Crippen molar-refractivity contribution in [1.29, 1.82) is 0 Å². The van der Waals surface area contributed by atoms with Gasteiger partial charge >= 0.3 is 23.9 Å². The second-order valence-corrected chi connectivity index (χ2v) is 6.75. The van der Waals surface area contributed by atoms with E-state index in [-0.39, 0.29) is 22.8 Å². The van der Waals surface area contributed by atoms with Gasteiger partial charge in [-0.25, -0.2) is 0 Å². The quantitative estimate of drug-likeness (QED) is 0.271. The molecule has 1 aromatic carbocycles. The number of allylic oxidation sites excluding steroid dienone is 2. The molecule has 2 atom stereocenters. The SMILES string of the molecule is CC(=O)OC1=CC(OC(C)=O)C(C=CC(=O)c2ccc(OC(C)=O)c(OC(C)=O)c2)C=C1. The number of carbonyl (C=O) groups excluding carboxylic acids is 5. The van der Waals surface area contributed by atoms with Gasteiger partial charge in [0, 0.05) is 39.2 Å². The standard InChI is InChI=1S/C23H22O9/c1-13(24)29-19-8-5-17(22(12-19)31-15(3)26)6-9-20(28)18-7-10-21(30-14(2)25)23(11-18)32-16(4)27/h5-12,17,22H,1-4H3. The summed E-state index contributed by atoms with van der Waals surface area (Å²) in [5.41, 5.74) is 0.174. The first-order valence-corrected chi connectivity index (χ1v) is 9.54. The van der Waals surface area contributed by atoms with Gasteiger partial charge in [-0.15, -0.1) is 0 Å². The van der Waals surface area contributed by atoms with E-state index in [1.165, 1.54) is 70.2 Å². The zero-order valence-electron chi connectivity index (χ0n) is 17.9. The summed E-state index contributed by atoms with van der Waals surface area (Å²) in [6, 6.07) is 4.04. The minimum Gasteiger partial charge on any atom is -0.457 e. The molecule has 2 unspecified atom stereocenters. The molecule has 168 valence electrons. The fourth-order valence-electron chi connectivity index (χ4n) is 2.79. The Morgan fingerprint density at radius 2 is 1.44 bits per heavy atom. The summed E-state index contributed by atoms with van der Waals surface area (Å²) in [7, 11) is 0. The van der Waals surface area contributed by atoms with Crippen LogP contribution < -0.4 is 9.47 Å². The topological polar surface area (TPSA) is 122 Å². The molecule has 2 rings (SSSR count). The largest absolute Gasteiger partial charge is 0.457 e. The van der Waals surface area contributed by atoms with Gasteiger partial charge in [0.1, 0.15) is 11.9 Å². The first kappa shape index (κ1) is 24.3. The molecule has 32 heavy (non-hydrogen) atoms. The maximum Gasteiger partial charge on any atom is 0.308 e. The van der Waals surface area contributed by atoms with Crippen molar-refractivity contribution in [3.8, 4) is 11.5 Å². The van der Waals surface area contributed by atoms with Crippen molar-refractivity contribution >= 4 is 29.7 Å². The summed E-state index contributed by atoms with van der Waals surface area (Å²) < 4.78 is 20.3. The third-order valence-electron chi connectivity index (χ3n) is 3.96. The third-order valence-corrected chi connectivity index (χ3v) is 3.96. The Morgan fingerprint density at radius 3 is 2.03 bits per heavy atom. The van der Waals surface area contributed by atoms with Crippen LogP contribution in [0.4, 0.5) is 0 Å². The molecular weight excluding hydrogens is 420 g/mol. The molecule has 0 saturated heterocycles. The zero-order valence-corrected chi connectivity index (χ0v) is 17.9. The van der Waals surface area contributed by atoms with E-state index < -0.39 is 41.7 Å². The van der Waals surface area contributed by atoms with Crippen molar-refractivity contribution in [2.75, 3.05) is 0 Å². The van der Waals surface area contributed by atoms with Crippen LogP contribution in [-0.4, -0.2) is 35.8 Å². The van der Waals surface area contributed by atoms with Crippen LogP contribution in [0.1, 0.15) is 38.1 Å². The van der Waals surface area contributed by atoms with Crippen LogP contribution in [0.5, 0.6) is 11.5 Å². The fraction of sp³-hybridized carbons (Fsp3) is 0.261. The highest BCUT2D eigenvalue weighted by atomic mass is 16.6. The summed E-state index contributed by atoms with van der Waals surface area (Å²) >= 11 is 0. The number of carbonyl (C=O) groups is 5. The van der Waals surface area contributed by atoms with Crippen LogP contribution in [-0.2, 0) is 28.7 Å². The predicted molar refractivity (Wildman–Crippen MR) is 111 cm³/mol. The Labute approximate surface area is 184 Å². The van der Waals surface area contributed by atoms with Gasteiger partial charge < -0.3 is 18.9 Å². The Kier molecular flexibility index (Phi) is 8.23. The van der Waals surface area contributed by atoms with Crippen molar-refractivity contribution in [2.45, 2.75) is 33.8 Å². The van der Waals surface area contributed by atoms with Crippen molar-refractivity contribution in [3.63, 3.8) is 0 Å². The fourth-order valence-corrected chi connectivity index (χ4v) is 2.79. The summed E-state index contributed by atoms with van der Waals surface area (Å²) in [5.74, 6) is -3.09. The monoisotopic (exact) mass is 442 g/mol. The molecule has 0 N–H and O–H groups in total. The number of hydrogen-bond donors (Lipinski definition) is 0. The molecule has 9 heteroatoms. The lowest BCUT2D eigenvalue weighted by molar-refractivity contribution is -0.145. The third kappa shape index (κ3) is 7.35. The van der Waals surface area contributed by atoms with Gasteiger partial charge in [0.05, 0.1) is 0 Å². The van der Waals surface area contributed by atoms with E-state index in [4.69, 9.17) is 18.9 Å². The summed E-state index contributed by atoms with van der Waals surface area (Å²) in [5, 5.41) is 0. The molecule has 0 radical (unpaired) electrons. The van der Waals surface area contributed by atoms with Gasteiger partial charge in [-0.1, -0.05) is 12.2 Å². The molecule has 9 nitrogen and oxygen atoms in total. The molecule has 0 aliphatic heterocycles. The van der Waals surface area contributed by atoms with Crippen LogP contribution in [0.15, 0.2) is 54.3 Å². The van der Waals surface area contributed by atoms with Gasteiger partial charge in [-0.3, -0.25) is 24.0 Å². The van der Waals surface area contributed by atoms with E-state index in [1.54, 1.807) is 6.08 Å². The second kappa shape index (κ2) is 10.9. The van der Waals surface area contributed by atoms with Gasteiger partial charge in [0.2, 0.25) is 0 Å². The lowest BCUT2D eigenvalue weighted by Gasteiger charge is -2.23. The minimum absolute atomic E-state index is 0.00139. The van der Waals surface area contributed by atoms with E-state index in [1.807, 2.05) is 0 Å². The summed E-state index contributed by atoms with van der Waals surface area (Å²) in [4.78, 5) is 57.8. The summed E-state index contributed by atoms with van der Waals surface area (Å²) in [6.45, 7) is 4.85. The number of benzene rings is 1. The van der Waals surface area contributed by atoms with Gasteiger partial charge in [-0.05, 0) is 36.4 Å². The second-order valence-electron chi connectivity index (χ2n) is 6.75. The molecule has 0 bridgehead atoms. The predicted octanol–water partition coefficient (Wildman–Crippen LogP) is 2.84. The maximum atomic E-state index is 12.6. The van der Waals surface area contributed by atoms with Crippen LogP contribution in [0.25, 0.3) is 0 Å². The Hall–Kier alpha value is -4.01. The number of hydrogen-bond acceptors (Lipinski definition) is 9. The van der Waals surface area contributed by atoms with Gasteiger partial charge in [0.25, 0.3) is 0 Å². The smallest absolute Gasteiger partial charge is 0.308 e. The first-order chi connectivity index (χ1) is 15.0. The molecule has 0 heterocycles. The first-order valence-electron chi connectivity index (χ1n) is 9.54. The molecule has 0 fully saturated rings. The van der Waals surface area contributed by atoms with E-state index in [9.17, 15) is 24.0 Å². The molecule has 1 aliphatic carbocycles. The molecule has 0 spiro atoms. The van der Waals surface area contributed by atoms with Crippen LogP contribution in [0.3, 0.4) is 0 Å². The van der Waals surface area contributed by atoms with E-state index >= 15 is 0 Å². The molecule has 0 saturated carbocycles. The average Bonchev–Trinajstić information content (AvgIpc) is 2.66. The number of esters is 4. The van der Waals surface area contributed by atoms with E-state index in [2.05, 4.69) is 0 Å². The highest BCUT2D eigenvalue weighted by Gasteiger charge is 2.23. The lowest BCUT2D eigenvalue weighted by atomic mass is 9.95. The molecule has 0 aromatic heterocycles. The molecular formula is C23H22O9. The normalized spacial score (nSPS) is 17.3. The molecule has 1 aliphatic rings. The number of ether oxygens (including phenoxy) is 4. The van der Waals surface area contributed by atoms with Crippen LogP contribution >= 0.6 is 0 Å². The Bertz CT molecular complexity index is 1030. The lowest BCUT2D eigenvalue weighted by Crippen LogP contribution is -2.25. The highest BCUT2D eigenvalue weighted by molar-refractivity contribution is 6.05. The van der Waals surface area contributed by atoms with Crippen LogP contribution in [0, 0.1) is 5.92 Å². The molecule has 1 aromatic rings.